The Labute approximate surface area is 175 Å². The zero-order chi connectivity index (χ0) is 21.1. The van der Waals surface area contributed by atoms with E-state index in [0.29, 0.717) is 13.0 Å². The Morgan fingerprint density at radius 2 is 2.07 bits per heavy atom. The molecule has 0 bridgehead atoms. The summed E-state index contributed by atoms with van der Waals surface area (Å²) in [5.41, 5.74) is 5.99. The Hall–Kier alpha value is -2.20. The maximum atomic E-state index is 14.7. The van der Waals surface area contributed by atoms with E-state index in [0.717, 1.165) is 12.8 Å². The summed E-state index contributed by atoms with van der Waals surface area (Å²) in [5, 5.41) is -0.451. The molecule has 0 spiro atoms. The number of pyridine rings is 1. The lowest BCUT2D eigenvalue weighted by molar-refractivity contribution is -0.186. The van der Waals surface area contributed by atoms with E-state index in [4.69, 9.17) is 43.2 Å². The second kappa shape index (κ2) is 9.08. The minimum atomic E-state index is -1.09. The van der Waals surface area contributed by atoms with E-state index in [-0.39, 0.29) is 16.3 Å². The summed E-state index contributed by atoms with van der Waals surface area (Å²) in [4.78, 5) is 21.5. The normalized spacial score (nSPS) is 16.5. The molecule has 1 aromatic heterocycles. The minimum absolute atomic E-state index is 0.0186. The van der Waals surface area contributed by atoms with Crippen molar-refractivity contribution >= 4 is 34.8 Å². The van der Waals surface area contributed by atoms with Gasteiger partial charge in [0.1, 0.15) is 5.69 Å². The molecule has 2 aromatic rings. The van der Waals surface area contributed by atoms with Crippen LogP contribution in [0.1, 0.15) is 29.8 Å². The number of anilines is 1. The standard InChI is InChI=1S/C18H17Cl2F2N3O4/c1-27-17-9(19)6-5-8(12(17)21)15-13(22)14(23)11(20)16(24-15)18(26)25-29-10-4-2-3-7-28-10/h5-6,10H,2-4,7H2,1H3,(H2,23,24)(H,25,26). The lowest BCUT2D eigenvalue weighted by atomic mass is 10.1. The molecular formula is C18H17Cl2F2N3O4. The third-order valence-corrected chi connectivity index (χ3v) is 4.94. The van der Waals surface area contributed by atoms with Crippen LogP contribution in [0.5, 0.6) is 5.75 Å². The number of nitrogens with two attached hydrogens (primary N) is 1. The van der Waals surface area contributed by atoms with Crippen LogP contribution in [0.2, 0.25) is 10.0 Å². The summed E-state index contributed by atoms with van der Waals surface area (Å²) in [6.07, 6.45) is 1.75. The predicted octanol–water partition coefficient (Wildman–Crippen LogP) is 4.11. The predicted molar refractivity (Wildman–Crippen MR) is 103 cm³/mol. The van der Waals surface area contributed by atoms with Gasteiger partial charge in [0, 0.05) is 18.6 Å². The quantitative estimate of drug-likeness (QED) is 0.669. The molecule has 1 saturated heterocycles. The molecule has 3 N–H and O–H groups in total. The molecule has 29 heavy (non-hydrogen) atoms. The smallest absolute Gasteiger partial charge is 0.295 e. The highest BCUT2D eigenvalue weighted by Crippen LogP contribution is 2.38. The van der Waals surface area contributed by atoms with Crippen LogP contribution in [0.4, 0.5) is 14.5 Å². The van der Waals surface area contributed by atoms with E-state index in [1.165, 1.54) is 19.2 Å². The molecule has 0 radical (unpaired) electrons. The molecule has 3 rings (SSSR count). The number of aromatic nitrogens is 1. The van der Waals surface area contributed by atoms with Gasteiger partial charge in [-0.05, 0) is 25.0 Å². The highest BCUT2D eigenvalue weighted by molar-refractivity contribution is 6.36. The first kappa shape index (κ1) is 21.5. The summed E-state index contributed by atoms with van der Waals surface area (Å²) in [5.74, 6) is -3.25. The Morgan fingerprint density at radius 3 is 2.72 bits per heavy atom. The molecule has 0 saturated carbocycles. The molecule has 1 atom stereocenters. The van der Waals surface area contributed by atoms with E-state index < -0.39 is 45.9 Å². The van der Waals surface area contributed by atoms with E-state index in [1.807, 2.05) is 0 Å². The number of halogens is 4. The number of hydroxylamine groups is 1. The molecular weight excluding hydrogens is 431 g/mol. The number of nitrogens with zero attached hydrogens (tertiary/aromatic N) is 1. The third-order valence-electron chi connectivity index (χ3n) is 4.26. The van der Waals surface area contributed by atoms with Gasteiger partial charge in [-0.3, -0.25) is 4.79 Å². The van der Waals surface area contributed by atoms with Gasteiger partial charge < -0.3 is 15.2 Å². The molecule has 1 amide bonds. The molecule has 1 aliphatic rings. The largest absolute Gasteiger partial charge is 0.492 e. The highest BCUT2D eigenvalue weighted by Gasteiger charge is 2.26. The number of rotatable bonds is 5. The van der Waals surface area contributed by atoms with Crippen LogP contribution in [0.25, 0.3) is 11.3 Å². The number of amides is 1. The van der Waals surface area contributed by atoms with Crippen LogP contribution in [0.15, 0.2) is 12.1 Å². The van der Waals surface area contributed by atoms with Crippen molar-refractivity contribution in [1.82, 2.24) is 10.5 Å². The van der Waals surface area contributed by atoms with Crippen molar-refractivity contribution in [3.05, 3.63) is 39.5 Å². The zero-order valence-corrected chi connectivity index (χ0v) is 16.7. The second-order valence-corrected chi connectivity index (χ2v) is 6.92. The first-order valence-electron chi connectivity index (χ1n) is 8.59. The fourth-order valence-electron chi connectivity index (χ4n) is 2.76. The zero-order valence-electron chi connectivity index (χ0n) is 15.2. The van der Waals surface area contributed by atoms with E-state index in [2.05, 4.69) is 10.5 Å². The van der Waals surface area contributed by atoms with Crippen molar-refractivity contribution < 1.29 is 27.9 Å². The van der Waals surface area contributed by atoms with Crippen LogP contribution in [-0.4, -0.2) is 30.9 Å². The van der Waals surface area contributed by atoms with E-state index >= 15 is 0 Å². The molecule has 1 aromatic carbocycles. The van der Waals surface area contributed by atoms with Crippen LogP contribution >= 0.6 is 23.2 Å². The number of hydrogen-bond acceptors (Lipinski definition) is 6. The van der Waals surface area contributed by atoms with Gasteiger partial charge in [0.05, 0.1) is 22.8 Å². The summed E-state index contributed by atoms with van der Waals surface area (Å²) in [6.45, 7) is 0.505. The molecule has 11 heteroatoms. The molecule has 156 valence electrons. The van der Waals surface area contributed by atoms with Crippen LogP contribution in [0, 0.1) is 11.6 Å². The SMILES string of the molecule is COc1c(Cl)ccc(-c2nc(C(=O)NOC3CCCCO3)c(Cl)c(N)c2F)c1F. The summed E-state index contributed by atoms with van der Waals surface area (Å²) < 4.78 is 39.6. The molecule has 0 aliphatic carbocycles. The van der Waals surface area contributed by atoms with Gasteiger partial charge in [0.15, 0.2) is 29.4 Å². The van der Waals surface area contributed by atoms with Crippen LogP contribution in [-0.2, 0) is 9.57 Å². The number of ether oxygens (including phenoxy) is 2. The average molecular weight is 448 g/mol. The Bertz CT molecular complexity index is 940. The van der Waals surface area contributed by atoms with Crippen molar-refractivity contribution in [3.63, 3.8) is 0 Å². The van der Waals surface area contributed by atoms with Gasteiger partial charge >= 0.3 is 0 Å². The van der Waals surface area contributed by atoms with E-state index in [1.54, 1.807) is 0 Å². The maximum Gasteiger partial charge on any atom is 0.295 e. The minimum Gasteiger partial charge on any atom is -0.492 e. The van der Waals surface area contributed by atoms with Crippen molar-refractivity contribution in [3.8, 4) is 17.0 Å². The van der Waals surface area contributed by atoms with Crippen molar-refractivity contribution in [2.75, 3.05) is 19.5 Å². The summed E-state index contributed by atoms with van der Waals surface area (Å²) in [6, 6.07) is 2.49. The second-order valence-electron chi connectivity index (χ2n) is 6.14. The maximum absolute atomic E-state index is 14.7. The highest BCUT2D eigenvalue weighted by atomic mass is 35.5. The van der Waals surface area contributed by atoms with Gasteiger partial charge in [0.25, 0.3) is 5.91 Å². The first-order valence-corrected chi connectivity index (χ1v) is 9.35. The number of benzene rings is 1. The van der Waals surface area contributed by atoms with Crippen molar-refractivity contribution in [2.45, 2.75) is 25.6 Å². The van der Waals surface area contributed by atoms with Gasteiger partial charge in [-0.2, -0.15) is 0 Å². The molecule has 7 nitrogen and oxygen atoms in total. The molecule has 1 unspecified atom stereocenters. The van der Waals surface area contributed by atoms with Crippen LogP contribution < -0.4 is 16.0 Å². The number of nitrogen functional groups attached to an aromatic ring is 1. The van der Waals surface area contributed by atoms with E-state index in [9.17, 15) is 13.6 Å². The molecule has 1 fully saturated rings. The third kappa shape index (κ3) is 4.37. The van der Waals surface area contributed by atoms with Crippen molar-refractivity contribution in [2.24, 2.45) is 0 Å². The van der Waals surface area contributed by atoms with Crippen LogP contribution in [0.3, 0.4) is 0 Å². The van der Waals surface area contributed by atoms with Gasteiger partial charge in [0.2, 0.25) is 0 Å². The van der Waals surface area contributed by atoms with Gasteiger partial charge in [-0.25, -0.2) is 24.1 Å². The van der Waals surface area contributed by atoms with Gasteiger partial charge in [-0.1, -0.05) is 23.2 Å². The number of methoxy groups -OCH3 is 1. The Morgan fingerprint density at radius 1 is 1.31 bits per heavy atom. The lowest BCUT2D eigenvalue weighted by Gasteiger charge is -2.22. The fourth-order valence-corrected chi connectivity index (χ4v) is 3.20. The number of nitrogens with one attached hydrogen (secondary N) is 1. The van der Waals surface area contributed by atoms with Crippen molar-refractivity contribution in [1.29, 1.82) is 0 Å². The molecule has 1 aliphatic heterocycles. The summed E-state index contributed by atoms with van der Waals surface area (Å²) in [7, 11) is 1.21. The summed E-state index contributed by atoms with van der Waals surface area (Å²) >= 11 is 11.8. The average Bonchev–Trinajstić information content (AvgIpc) is 2.72. The Balaban J connectivity index is 1.96. The topological polar surface area (TPSA) is 95.7 Å². The number of carbonyl (C=O) groups excluding carboxylic acids is 1. The Kier molecular flexibility index (Phi) is 6.74. The first-order chi connectivity index (χ1) is 13.8. The lowest BCUT2D eigenvalue weighted by Crippen LogP contribution is -2.33. The van der Waals surface area contributed by atoms with Gasteiger partial charge in [-0.15, -0.1) is 0 Å². The number of carbonyl (C=O) groups is 1. The molecule has 2 heterocycles. The number of hydrogen-bond donors (Lipinski definition) is 2. The monoisotopic (exact) mass is 447 g/mol. The fraction of sp³-hybridized carbons (Fsp3) is 0.333.